The van der Waals surface area contributed by atoms with Crippen molar-refractivity contribution >= 4 is 40.6 Å². The van der Waals surface area contributed by atoms with Crippen molar-refractivity contribution in [1.82, 2.24) is 14.7 Å². The Balaban J connectivity index is 1.36. The first-order valence-corrected chi connectivity index (χ1v) is 10.4. The van der Waals surface area contributed by atoms with Crippen molar-refractivity contribution in [2.75, 3.05) is 5.32 Å². The van der Waals surface area contributed by atoms with Gasteiger partial charge in [-0.05, 0) is 56.0 Å². The summed E-state index contributed by atoms with van der Waals surface area (Å²) in [6.45, 7) is 0. The number of carbonyl (C=O) groups is 1. The van der Waals surface area contributed by atoms with E-state index < -0.39 is 6.43 Å². The highest BCUT2D eigenvalue weighted by molar-refractivity contribution is 6.36. The summed E-state index contributed by atoms with van der Waals surface area (Å²) in [5, 5.41) is 7.27. The third-order valence-corrected chi connectivity index (χ3v) is 5.87. The zero-order valence-electron chi connectivity index (χ0n) is 15.9. The van der Waals surface area contributed by atoms with Gasteiger partial charge in [0.05, 0.1) is 10.6 Å². The number of imidazole rings is 1. The predicted octanol–water partition coefficient (Wildman–Crippen LogP) is 5.73. The Hall–Kier alpha value is -2.38. The number of benzene rings is 1. The van der Waals surface area contributed by atoms with Crippen LogP contribution in [0.5, 0.6) is 0 Å². The highest BCUT2D eigenvalue weighted by atomic mass is 35.5. The summed E-state index contributed by atoms with van der Waals surface area (Å²) in [5.74, 6) is 0.517. The first-order chi connectivity index (χ1) is 14.4. The van der Waals surface area contributed by atoms with Crippen molar-refractivity contribution in [3.8, 4) is 0 Å². The van der Waals surface area contributed by atoms with E-state index in [1.807, 2.05) is 6.07 Å². The zero-order chi connectivity index (χ0) is 21.3. The number of fused-ring (bicyclic) bond motifs is 1. The first-order valence-electron chi connectivity index (χ1n) is 9.69. The van der Waals surface area contributed by atoms with Gasteiger partial charge in [-0.15, -0.1) is 0 Å². The van der Waals surface area contributed by atoms with Crippen LogP contribution < -0.4 is 10.6 Å². The number of anilines is 1. The summed E-state index contributed by atoms with van der Waals surface area (Å²) in [7, 11) is 0. The van der Waals surface area contributed by atoms with Gasteiger partial charge in [-0.1, -0.05) is 29.3 Å². The van der Waals surface area contributed by atoms with Gasteiger partial charge in [-0.3, -0.25) is 9.20 Å². The predicted molar refractivity (Wildman–Crippen MR) is 114 cm³/mol. The summed E-state index contributed by atoms with van der Waals surface area (Å²) in [6.07, 6.45) is 2.04. The molecule has 0 unspecified atom stereocenters. The number of hydrogen-bond donors (Lipinski definition) is 2. The molecular weight excluding hydrogens is 433 g/mol. The van der Waals surface area contributed by atoms with E-state index in [9.17, 15) is 13.6 Å². The van der Waals surface area contributed by atoms with E-state index in [0.717, 1.165) is 31.5 Å². The summed E-state index contributed by atoms with van der Waals surface area (Å²) >= 11 is 12.0. The molecule has 9 heteroatoms. The molecule has 0 bridgehead atoms. The van der Waals surface area contributed by atoms with Gasteiger partial charge in [0.1, 0.15) is 17.2 Å². The van der Waals surface area contributed by atoms with Crippen LogP contribution in [0.25, 0.3) is 5.65 Å². The van der Waals surface area contributed by atoms with E-state index >= 15 is 0 Å². The quantitative estimate of drug-likeness (QED) is 0.519. The molecule has 4 rings (SSSR count). The number of carbonyl (C=O) groups excluding carboxylic acids is 1. The molecule has 5 nitrogen and oxygen atoms in total. The summed E-state index contributed by atoms with van der Waals surface area (Å²) < 4.78 is 27.6. The van der Waals surface area contributed by atoms with Crippen LogP contribution >= 0.6 is 23.2 Å². The number of hydrogen-bond acceptors (Lipinski definition) is 3. The van der Waals surface area contributed by atoms with Gasteiger partial charge in [0.25, 0.3) is 12.3 Å². The molecule has 1 aliphatic rings. The molecule has 1 saturated carbocycles. The molecule has 2 N–H and O–H groups in total. The number of alkyl halides is 2. The molecule has 30 heavy (non-hydrogen) atoms. The molecule has 1 amide bonds. The Labute approximate surface area is 182 Å². The van der Waals surface area contributed by atoms with Crippen LogP contribution in [0.1, 0.15) is 48.2 Å². The lowest BCUT2D eigenvalue weighted by molar-refractivity contribution is 0.0926. The minimum absolute atomic E-state index is 0.0526. The molecule has 0 spiro atoms. The maximum Gasteiger partial charge on any atom is 0.281 e. The fourth-order valence-electron chi connectivity index (χ4n) is 3.78. The molecule has 158 valence electrons. The minimum atomic E-state index is -2.61. The van der Waals surface area contributed by atoms with Crippen molar-refractivity contribution in [3.63, 3.8) is 0 Å². The maximum absolute atomic E-state index is 13.0. The molecule has 3 aromatic rings. The molecule has 1 aromatic carbocycles. The van der Waals surface area contributed by atoms with E-state index in [1.54, 1.807) is 34.7 Å². The lowest BCUT2D eigenvalue weighted by atomic mass is 9.91. The zero-order valence-corrected chi connectivity index (χ0v) is 17.4. The molecule has 0 aliphatic heterocycles. The SMILES string of the molecule is O=C(N[C@H]1CC[C@@H](Nc2cccc3nc(C(F)F)cn23)CC1)c1ccc(Cl)cc1Cl. The van der Waals surface area contributed by atoms with Crippen molar-refractivity contribution in [2.45, 2.75) is 44.2 Å². The fraction of sp³-hybridized carbons (Fsp3) is 0.333. The third kappa shape index (κ3) is 4.52. The van der Waals surface area contributed by atoms with Gasteiger partial charge in [0, 0.05) is 23.3 Å². The van der Waals surface area contributed by atoms with E-state index in [4.69, 9.17) is 23.2 Å². The van der Waals surface area contributed by atoms with E-state index in [2.05, 4.69) is 15.6 Å². The number of amides is 1. The molecular formula is C21H20Cl2F2N4O. The van der Waals surface area contributed by atoms with Crippen LogP contribution in [0.3, 0.4) is 0 Å². The van der Waals surface area contributed by atoms with Gasteiger partial charge in [-0.2, -0.15) is 0 Å². The Morgan fingerprint density at radius 2 is 1.83 bits per heavy atom. The van der Waals surface area contributed by atoms with E-state index in [-0.39, 0.29) is 23.7 Å². The second-order valence-electron chi connectivity index (χ2n) is 7.40. The second-order valence-corrected chi connectivity index (χ2v) is 8.24. The molecule has 2 heterocycles. The van der Waals surface area contributed by atoms with E-state index in [1.165, 1.54) is 6.20 Å². The highest BCUT2D eigenvalue weighted by Gasteiger charge is 2.24. The number of nitrogens with one attached hydrogen (secondary N) is 2. The molecule has 0 saturated heterocycles. The topological polar surface area (TPSA) is 58.4 Å². The maximum atomic E-state index is 13.0. The molecule has 2 aromatic heterocycles. The molecule has 0 radical (unpaired) electrons. The van der Waals surface area contributed by atoms with Gasteiger partial charge >= 0.3 is 0 Å². The number of nitrogens with zero attached hydrogens (tertiary/aromatic N) is 2. The fourth-order valence-corrected chi connectivity index (χ4v) is 4.27. The van der Waals surface area contributed by atoms with Crippen LogP contribution in [0.15, 0.2) is 42.6 Å². The van der Waals surface area contributed by atoms with Gasteiger partial charge in [0.2, 0.25) is 0 Å². The Bertz CT molecular complexity index is 1060. The molecule has 1 fully saturated rings. The van der Waals surface area contributed by atoms with Crippen LogP contribution in [0, 0.1) is 0 Å². The van der Waals surface area contributed by atoms with Crippen molar-refractivity contribution in [1.29, 1.82) is 0 Å². The Kier molecular flexibility index (Phi) is 6.11. The highest BCUT2D eigenvalue weighted by Crippen LogP contribution is 2.26. The number of pyridine rings is 1. The molecule has 0 atom stereocenters. The standard InChI is InChI=1S/C21H20Cl2F2N4O/c22-12-4-9-15(16(23)10-12)21(30)27-14-7-5-13(6-8-14)26-18-2-1-3-19-28-17(20(24)25)11-29(18)19/h1-4,9-11,13-14,20,26H,5-8H2,(H,27,30)/t13-,14+. The van der Waals surface area contributed by atoms with Crippen molar-refractivity contribution in [3.05, 3.63) is 63.9 Å². The van der Waals surface area contributed by atoms with Crippen molar-refractivity contribution in [2.24, 2.45) is 0 Å². The summed E-state index contributed by atoms with van der Waals surface area (Å²) in [4.78, 5) is 16.5. The van der Waals surface area contributed by atoms with Crippen LogP contribution in [0.2, 0.25) is 10.0 Å². The minimum Gasteiger partial charge on any atom is -0.368 e. The smallest absolute Gasteiger partial charge is 0.281 e. The average molecular weight is 453 g/mol. The summed E-state index contributed by atoms with van der Waals surface area (Å²) in [5.41, 5.74) is 0.649. The Morgan fingerprint density at radius 1 is 1.10 bits per heavy atom. The number of halogens is 4. The number of rotatable bonds is 5. The van der Waals surface area contributed by atoms with Gasteiger partial charge < -0.3 is 10.6 Å². The van der Waals surface area contributed by atoms with Crippen LogP contribution in [-0.4, -0.2) is 27.4 Å². The lowest BCUT2D eigenvalue weighted by Gasteiger charge is -2.30. The van der Waals surface area contributed by atoms with Crippen molar-refractivity contribution < 1.29 is 13.6 Å². The normalized spacial score (nSPS) is 19.2. The van der Waals surface area contributed by atoms with E-state index in [0.29, 0.717) is 21.3 Å². The van der Waals surface area contributed by atoms with Crippen LogP contribution in [0.4, 0.5) is 14.6 Å². The first kappa shape index (κ1) is 20.9. The average Bonchev–Trinajstić information content (AvgIpc) is 3.15. The second kappa shape index (κ2) is 8.78. The van der Waals surface area contributed by atoms with Gasteiger partial charge in [0.15, 0.2) is 0 Å². The molecule has 1 aliphatic carbocycles. The van der Waals surface area contributed by atoms with Gasteiger partial charge in [-0.25, -0.2) is 13.8 Å². The third-order valence-electron chi connectivity index (χ3n) is 5.32. The largest absolute Gasteiger partial charge is 0.368 e. The monoisotopic (exact) mass is 452 g/mol. The number of aromatic nitrogens is 2. The summed E-state index contributed by atoms with van der Waals surface area (Å²) in [6, 6.07) is 10.4. The lowest BCUT2D eigenvalue weighted by Crippen LogP contribution is -2.40. The Morgan fingerprint density at radius 3 is 2.53 bits per heavy atom. The van der Waals surface area contributed by atoms with Crippen LogP contribution in [-0.2, 0) is 0 Å².